The van der Waals surface area contributed by atoms with E-state index in [4.69, 9.17) is 4.74 Å². The largest absolute Gasteiger partial charge is 0.390 e. The Balaban J connectivity index is 1.93. The first-order valence-electron chi connectivity index (χ1n) is 6.43. The second-order valence-electron chi connectivity index (χ2n) is 4.56. The van der Waals surface area contributed by atoms with Crippen LogP contribution in [0.1, 0.15) is 13.8 Å². The van der Waals surface area contributed by atoms with E-state index in [0.29, 0.717) is 17.5 Å². The van der Waals surface area contributed by atoms with E-state index < -0.39 is 6.10 Å². The summed E-state index contributed by atoms with van der Waals surface area (Å²) in [7, 11) is 0. The van der Waals surface area contributed by atoms with E-state index in [0.717, 1.165) is 5.69 Å². The van der Waals surface area contributed by atoms with Crippen molar-refractivity contribution in [2.24, 2.45) is 0 Å². The van der Waals surface area contributed by atoms with Gasteiger partial charge in [0.05, 0.1) is 24.5 Å². The summed E-state index contributed by atoms with van der Waals surface area (Å²) in [5.41, 5.74) is 0.896. The van der Waals surface area contributed by atoms with E-state index in [2.05, 4.69) is 15.5 Å². The second-order valence-corrected chi connectivity index (χ2v) is 5.54. The van der Waals surface area contributed by atoms with Gasteiger partial charge in [-0.3, -0.25) is 0 Å². The molecule has 20 heavy (non-hydrogen) atoms. The summed E-state index contributed by atoms with van der Waals surface area (Å²) in [5, 5.41) is 22.1. The molecule has 0 saturated heterocycles. The predicted octanol–water partition coefficient (Wildman–Crippen LogP) is 1.54. The molecule has 1 aromatic heterocycles. The third-order valence-electron chi connectivity index (χ3n) is 2.47. The van der Waals surface area contributed by atoms with Crippen LogP contribution in [0, 0.1) is 0 Å². The van der Waals surface area contributed by atoms with Crippen LogP contribution in [0.5, 0.6) is 0 Å². The van der Waals surface area contributed by atoms with Crippen LogP contribution < -0.4 is 0 Å². The predicted molar refractivity (Wildman–Crippen MR) is 77.0 cm³/mol. The highest BCUT2D eigenvalue weighted by atomic mass is 32.2. The Morgan fingerprint density at radius 2 is 2.05 bits per heavy atom. The Kier molecular flexibility index (Phi) is 5.51. The molecule has 1 heterocycles. The fourth-order valence-corrected chi connectivity index (χ4v) is 2.32. The topological polar surface area (TPSA) is 73.1 Å². The van der Waals surface area contributed by atoms with E-state index in [9.17, 15) is 5.11 Å². The maximum absolute atomic E-state index is 9.83. The fourth-order valence-electron chi connectivity index (χ4n) is 1.52. The molecule has 1 N–H and O–H groups in total. The molecular formula is C13H18N4O2S. The SMILES string of the molecule is CC(C)OCC(O)CSc1nnnn1-c1ccccc1. The van der Waals surface area contributed by atoms with Crippen LogP contribution in [0.3, 0.4) is 0 Å². The lowest BCUT2D eigenvalue weighted by Crippen LogP contribution is -2.20. The lowest BCUT2D eigenvalue weighted by molar-refractivity contribution is 0.0152. The first kappa shape index (κ1) is 15.0. The number of rotatable bonds is 7. The quantitative estimate of drug-likeness (QED) is 0.781. The van der Waals surface area contributed by atoms with Gasteiger partial charge in [-0.05, 0) is 36.4 Å². The van der Waals surface area contributed by atoms with Crippen molar-refractivity contribution >= 4 is 11.8 Å². The zero-order chi connectivity index (χ0) is 14.4. The average molecular weight is 294 g/mol. The zero-order valence-corrected chi connectivity index (χ0v) is 12.3. The normalized spacial score (nSPS) is 12.8. The van der Waals surface area contributed by atoms with Gasteiger partial charge in [0.15, 0.2) is 0 Å². The molecule has 1 aromatic carbocycles. The lowest BCUT2D eigenvalue weighted by atomic mass is 10.3. The van der Waals surface area contributed by atoms with Gasteiger partial charge < -0.3 is 9.84 Å². The fraction of sp³-hybridized carbons (Fsp3) is 0.462. The van der Waals surface area contributed by atoms with E-state index in [1.807, 2.05) is 44.2 Å². The van der Waals surface area contributed by atoms with Crippen molar-refractivity contribution in [3.8, 4) is 5.69 Å². The maximum atomic E-state index is 9.83. The van der Waals surface area contributed by atoms with Crippen molar-refractivity contribution < 1.29 is 9.84 Å². The van der Waals surface area contributed by atoms with Gasteiger partial charge in [-0.25, -0.2) is 0 Å². The Hall–Kier alpha value is -1.44. The number of hydrogen-bond donors (Lipinski definition) is 1. The Morgan fingerprint density at radius 3 is 2.75 bits per heavy atom. The van der Waals surface area contributed by atoms with Crippen molar-refractivity contribution in [2.75, 3.05) is 12.4 Å². The van der Waals surface area contributed by atoms with Crippen molar-refractivity contribution in [2.45, 2.75) is 31.2 Å². The van der Waals surface area contributed by atoms with E-state index >= 15 is 0 Å². The van der Waals surface area contributed by atoms with Gasteiger partial charge in [0.25, 0.3) is 0 Å². The summed E-state index contributed by atoms with van der Waals surface area (Å²) in [6.45, 7) is 4.20. The molecular weight excluding hydrogens is 276 g/mol. The molecule has 0 fully saturated rings. The number of aliphatic hydroxyl groups is 1. The zero-order valence-electron chi connectivity index (χ0n) is 11.5. The van der Waals surface area contributed by atoms with Crippen molar-refractivity contribution in [3.05, 3.63) is 30.3 Å². The minimum absolute atomic E-state index is 0.115. The first-order chi connectivity index (χ1) is 9.66. The summed E-state index contributed by atoms with van der Waals surface area (Å²) < 4.78 is 7.02. The molecule has 0 amide bonds. The third kappa shape index (κ3) is 4.29. The van der Waals surface area contributed by atoms with E-state index in [-0.39, 0.29) is 6.10 Å². The molecule has 0 radical (unpaired) electrons. The third-order valence-corrected chi connectivity index (χ3v) is 3.53. The molecule has 0 aliphatic heterocycles. The van der Waals surface area contributed by atoms with Gasteiger partial charge in [0, 0.05) is 5.75 Å². The summed E-state index contributed by atoms with van der Waals surface area (Å²) in [4.78, 5) is 0. The molecule has 0 bridgehead atoms. The van der Waals surface area contributed by atoms with Crippen LogP contribution in [0.2, 0.25) is 0 Å². The Bertz CT molecular complexity index is 518. The molecule has 6 nitrogen and oxygen atoms in total. The van der Waals surface area contributed by atoms with Crippen LogP contribution >= 0.6 is 11.8 Å². The second kappa shape index (κ2) is 7.37. The van der Waals surface area contributed by atoms with Crippen molar-refractivity contribution in [1.29, 1.82) is 0 Å². The molecule has 0 aliphatic rings. The van der Waals surface area contributed by atoms with Crippen molar-refractivity contribution in [1.82, 2.24) is 20.2 Å². The number of aromatic nitrogens is 4. The molecule has 108 valence electrons. The lowest BCUT2D eigenvalue weighted by Gasteiger charge is -2.12. The summed E-state index contributed by atoms with van der Waals surface area (Å²) in [6, 6.07) is 9.65. The van der Waals surface area contributed by atoms with E-state index in [1.54, 1.807) is 4.68 Å². The molecule has 2 rings (SSSR count). The summed E-state index contributed by atoms with van der Waals surface area (Å²) in [5.74, 6) is 0.486. The monoisotopic (exact) mass is 294 g/mol. The van der Waals surface area contributed by atoms with Gasteiger partial charge in [-0.1, -0.05) is 30.0 Å². The minimum Gasteiger partial charge on any atom is -0.390 e. The van der Waals surface area contributed by atoms with Crippen LogP contribution in [-0.4, -0.2) is 49.9 Å². The number of hydrogen-bond acceptors (Lipinski definition) is 6. The van der Waals surface area contributed by atoms with Crippen LogP contribution in [0.15, 0.2) is 35.5 Å². The van der Waals surface area contributed by atoms with Crippen molar-refractivity contribution in [3.63, 3.8) is 0 Å². The number of aliphatic hydroxyl groups excluding tert-OH is 1. The maximum Gasteiger partial charge on any atom is 0.214 e. The van der Waals surface area contributed by atoms with Gasteiger partial charge in [0.2, 0.25) is 5.16 Å². The molecule has 0 spiro atoms. The average Bonchev–Trinajstić information content (AvgIpc) is 2.92. The Labute approximate surface area is 122 Å². The van der Waals surface area contributed by atoms with Gasteiger partial charge >= 0.3 is 0 Å². The number of para-hydroxylation sites is 1. The number of nitrogens with zero attached hydrogens (tertiary/aromatic N) is 4. The highest BCUT2D eigenvalue weighted by molar-refractivity contribution is 7.99. The number of thioether (sulfide) groups is 1. The van der Waals surface area contributed by atoms with Crippen LogP contribution in [0.25, 0.3) is 5.69 Å². The van der Waals surface area contributed by atoms with Gasteiger partial charge in [-0.15, -0.1) is 5.10 Å². The smallest absolute Gasteiger partial charge is 0.214 e. The molecule has 0 aliphatic carbocycles. The number of tetrazole rings is 1. The molecule has 7 heteroatoms. The number of ether oxygens (including phenoxy) is 1. The molecule has 1 atom stereocenters. The number of benzene rings is 1. The molecule has 0 saturated carbocycles. The van der Waals surface area contributed by atoms with E-state index in [1.165, 1.54) is 11.8 Å². The highest BCUT2D eigenvalue weighted by Gasteiger charge is 2.12. The first-order valence-corrected chi connectivity index (χ1v) is 7.41. The highest BCUT2D eigenvalue weighted by Crippen LogP contribution is 2.18. The summed E-state index contributed by atoms with van der Waals surface area (Å²) >= 11 is 1.41. The molecule has 1 unspecified atom stereocenters. The molecule has 2 aromatic rings. The van der Waals surface area contributed by atoms with Crippen LogP contribution in [0.4, 0.5) is 0 Å². The van der Waals surface area contributed by atoms with Crippen LogP contribution in [-0.2, 0) is 4.74 Å². The standard InChI is InChI=1S/C13H18N4O2S/c1-10(2)19-8-12(18)9-20-13-14-15-16-17(13)11-6-4-3-5-7-11/h3-7,10,12,18H,8-9H2,1-2H3. The summed E-state index contributed by atoms with van der Waals surface area (Å²) in [6.07, 6.45) is -0.424. The van der Waals surface area contributed by atoms with Gasteiger partial charge in [0.1, 0.15) is 0 Å². The van der Waals surface area contributed by atoms with Gasteiger partial charge in [-0.2, -0.15) is 4.68 Å². The Morgan fingerprint density at radius 1 is 1.30 bits per heavy atom. The minimum atomic E-state index is -0.539.